The van der Waals surface area contributed by atoms with Crippen LogP contribution < -0.4 is 15.5 Å². The molecule has 2 N–H and O–H groups in total. The number of nitrogens with one attached hydrogen (secondary N) is 2. The molecule has 2 heterocycles. The van der Waals surface area contributed by atoms with Gasteiger partial charge in [-0.15, -0.1) is 0 Å². The zero-order chi connectivity index (χ0) is 13.2. The van der Waals surface area contributed by atoms with Gasteiger partial charge in [0.2, 0.25) is 5.91 Å². The number of benzene rings is 1. The minimum absolute atomic E-state index is 0.209. The van der Waals surface area contributed by atoms with Crippen molar-refractivity contribution in [3.05, 3.63) is 29.8 Å². The number of hydrogen-bond acceptors (Lipinski definition) is 4. The third-order valence-corrected chi connectivity index (χ3v) is 3.44. The molecule has 5 heteroatoms. The second-order valence-corrected chi connectivity index (χ2v) is 5.05. The van der Waals surface area contributed by atoms with Crippen LogP contribution in [-0.4, -0.2) is 31.0 Å². The number of β-lactam (4-membered cyclic amide) rings is 1. The molecule has 3 rings (SSSR count). The SMILES string of the molecule is CC1CN=C(NCc2cccc(N3CCC3=O)c2)N1. The van der Waals surface area contributed by atoms with E-state index in [0.717, 1.165) is 30.3 Å². The van der Waals surface area contributed by atoms with Gasteiger partial charge < -0.3 is 15.5 Å². The molecule has 2 aliphatic rings. The summed E-state index contributed by atoms with van der Waals surface area (Å²) in [5.41, 5.74) is 2.14. The summed E-state index contributed by atoms with van der Waals surface area (Å²) in [5.74, 6) is 1.07. The van der Waals surface area contributed by atoms with Crippen molar-refractivity contribution >= 4 is 17.6 Å². The van der Waals surface area contributed by atoms with E-state index < -0.39 is 0 Å². The third kappa shape index (κ3) is 2.54. The molecule has 0 saturated carbocycles. The molecule has 0 radical (unpaired) electrons. The molecule has 5 nitrogen and oxygen atoms in total. The average molecular weight is 258 g/mol. The lowest BCUT2D eigenvalue weighted by atomic mass is 10.1. The maximum Gasteiger partial charge on any atom is 0.228 e. The van der Waals surface area contributed by atoms with Crippen molar-refractivity contribution < 1.29 is 4.79 Å². The lowest BCUT2D eigenvalue weighted by Crippen LogP contribution is -2.43. The topological polar surface area (TPSA) is 56.7 Å². The molecule has 1 atom stereocenters. The molecule has 0 aliphatic carbocycles. The Labute approximate surface area is 112 Å². The van der Waals surface area contributed by atoms with Gasteiger partial charge in [-0.25, -0.2) is 0 Å². The Morgan fingerprint density at radius 3 is 3.05 bits per heavy atom. The summed E-state index contributed by atoms with van der Waals surface area (Å²) in [6.45, 7) is 4.48. The van der Waals surface area contributed by atoms with E-state index in [1.54, 1.807) is 0 Å². The predicted molar refractivity (Wildman–Crippen MR) is 75.2 cm³/mol. The van der Waals surface area contributed by atoms with Gasteiger partial charge in [0, 0.05) is 31.2 Å². The second kappa shape index (κ2) is 4.91. The molecule has 1 aromatic rings. The Bertz CT molecular complexity index is 526. The number of carbonyl (C=O) groups is 1. The van der Waals surface area contributed by atoms with Gasteiger partial charge in [0.05, 0.1) is 6.54 Å². The Morgan fingerprint density at radius 2 is 2.42 bits per heavy atom. The molecule has 1 amide bonds. The van der Waals surface area contributed by atoms with Crippen LogP contribution in [0.2, 0.25) is 0 Å². The first-order valence-corrected chi connectivity index (χ1v) is 6.66. The summed E-state index contributed by atoms with van der Waals surface area (Å²) in [4.78, 5) is 17.6. The van der Waals surface area contributed by atoms with Crippen molar-refractivity contribution in [2.24, 2.45) is 4.99 Å². The molecule has 1 fully saturated rings. The maximum atomic E-state index is 11.4. The van der Waals surface area contributed by atoms with Crippen LogP contribution in [0.25, 0.3) is 0 Å². The van der Waals surface area contributed by atoms with E-state index in [2.05, 4.69) is 34.7 Å². The van der Waals surface area contributed by atoms with Crippen LogP contribution in [0.15, 0.2) is 29.3 Å². The van der Waals surface area contributed by atoms with E-state index >= 15 is 0 Å². The minimum atomic E-state index is 0.209. The number of guanidine groups is 1. The fourth-order valence-corrected chi connectivity index (χ4v) is 2.27. The van der Waals surface area contributed by atoms with Crippen LogP contribution in [0.1, 0.15) is 18.9 Å². The van der Waals surface area contributed by atoms with E-state index in [0.29, 0.717) is 19.0 Å². The largest absolute Gasteiger partial charge is 0.352 e. The molecule has 0 bridgehead atoms. The van der Waals surface area contributed by atoms with Crippen LogP contribution in [0.4, 0.5) is 5.69 Å². The van der Waals surface area contributed by atoms with Crippen molar-refractivity contribution in [3.8, 4) is 0 Å². The fourth-order valence-electron chi connectivity index (χ4n) is 2.27. The van der Waals surface area contributed by atoms with Crippen molar-refractivity contribution in [3.63, 3.8) is 0 Å². The average Bonchev–Trinajstić information content (AvgIpc) is 2.81. The fraction of sp³-hybridized carbons (Fsp3) is 0.429. The first kappa shape index (κ1) is 12.0. The Kier molecular flexibility index (Phi) is 3.11. The third-order valence-electron chi connectivity index (χ3n) is 3.44. The van der Waals surface area contributed by atoms with Gasteiger partial charge >= 0.3 is 0 Å². The van der Waals surface area contributed by atoms with Crippen molar-refractivity contribution in [2.45, 2.75) is 25.9 Å². The van der Waals surface area contributed by atoms with E-state index in [9.17, 15) is 4.79 Å². The highest BCUT2D eigenvalue weighted by Gasteiger charge is 2.25. The highest BCUT2D eigenvalue weighted by Crippen LogP contribution is 2.22. The van der Waals surface area contributed by atoms with Crippen molar-refractivity contribution in [2.75, 3.05) is 18.0 Å². The van der Waals surface area contributed by atoms with Gasteiger partial charge in [-0.05, 0) is 24.6 Å². The Balaban J connectivity index is 1.62. The summed E-state index contributed by atoms with van der Waals surface area (Å²) in [7, 11) is 0. The van der Waals surface area contributed by atoms with Gasteiger partial charge in [-0.2, -0.15) is 0 Å². The summed E-state index contributed by atoms with van der Waals surface area (Å²) >= 11 is 0. The first-order chi connectivity index (χ1) is 9.22. The van der Waals surface area contributed by atoms with Gasteiger partial charge in [-0.3, -0.25) is 9.79 Å². The number of amides is 1. The van der Waals surface area contributed by atoms with Gasteiger partial charge in [-0.1, -0.05) is 12.1 Å². The number of rotatable bonds is 3. The van der Waals surface area contributed by atoms with Crippen LogP contribution >= 0.6 is 0 Å². The molecule has 0 aromatic heterocycles. The van der Waals surface area contributed by atoms with Crippen molar-refractivity contribution in [1.29, 1.82) is 0 Å². The summed E-state index contributed by atoms with van der Waals surface area (Å²) in [6.07, 6.45) is 0.668. The Hall–Kier alpha value is -2.04. The van der Waals surface area contributed by atoms with Gasteiger partial charge in [0.25, 0.3) is 0 Å². The second-order valence-electron chi connectivity index (χ2n) is 5.05. The zero-order valence-corrected chi connectivity index (χ0v) is 11.0. The normalized spacial score (nSPS) is 21.7. The highest BCUT2D eigenvalue weighted by atomic mass is 16.2. The predicted octanol–water partition coefficient (Wildman–Crippen LogP) is 0.861. The van der Waals surface area contributed by atoms with Gasteiger partial charge in [0.15, 0.2) is 5.96 Å². The summed E-state index contributed by atoms with van der Waals surface area (Å²) in [6, 6.07) is 8.49. The van der Waals surface area contributed by atoms with Crippen molar-refractivity contribution in [1.82, 2.24) is 10.6 Å². The molecule has 100 valence electrons. The standard InChI is InChI=1S/C14H18N4O/c1-10-8-15-14(17-10)16-9-11-3-2-4-12(7-11)18-6-5-13(18)19/h2-4,7,10H,5-6,8-9H2,1H3,(H2,15,16,17). The smallest absolute Gasteiger partial charge is 0.228 e. The van der Waals surface area contributed by atoms with E-state index in [4.69, 9.17) is 0 Å². The number of nitrogens with zero attached hydrogens (tertiary/aromatic N) is 2. The number of anilines is 1. The van der Waals surface area contributed by atoms with Crippen LogP contribution in [0.5, 0.6) is 0 Å². The molecule has 1 aromatic carbocycles. The van der Waals surface area contributed by atoms with E-state index in [1.165, 1.54) is 0 Å². The molecule has 0 spiro atoms. The first-order valence-electron chi connectivity index (χ1n) is 6.66. The summed E-state index contributed by atoms with van der Waals surface area (Å²) in [5, 5.41) is 6.54. The molecule has 2 aliphatic heterocycles. The van der Waals surface area contributed by atoms with Gasteiger partial charge in [0.1, 0.15) is 0 Å². The molecule has 1 unspecified atom stereocenters. The molecule has 19 heavy (non-hydrogen) atoms. The number of carbonyl (C=O) groups excluding carboxylic acids is 1. The Morgan fingerprint density at radius 1 is 1.53 bits per heavy atom. The number of hydrogen-bond donors (Lipinski definition) is 2. The van der Waals surface area contributed by atoms with Crippen LogP contribution in [0, 0.1) is 0 Å². The lowest BCUT2D eigenvalue weighted by Gasteiger charge is -2.30. The van der Waals surface area contributed by atoms with E-state index in [-0.39, 0.29) is 5.91 Å². The van der Waals surface area contributed by atoms with Crippen LogP contribution in [-0.2, 0) is 11.3 Å². The quantitative estimate of drug-likeness (QED) is 0.791. The summed E-state index contributed by atoms with van der Waals surface area (Å²) < 4.78 is 0. The molecule has 1 saturated heterocycles. The maximum absolute atomic E-state index is 11.4. The molecular formula is C14H18N4O. The minimum Gasteiger partial charge on any atom is -0.352 e. The highest BCUT2D eigenvalue weighted by molar-refractivity contribution is 5.99. The van der Waals surface area contributed by atoms with Crippen LogP contribution in [0.3, 0.4) is 0 Å². The monoisotopic (exact) mass is 258 g/mol. The zero-order valence-electron chi connectivity index (χ0n) is 11.0. The van der Waals surface area contributed by atoms with E-state index in [1.807, 2.05) is 17.0 Å². The molecular weight excluding hydrogens is 240 g/mol. The number of aliphatic imine (C=N–C) groups is 1. The lowest BCUT2D eigenvalue weighted by molar-refractivity contribution is -0.122.